The molecule has 2 aliphatic rings. The fourth-order valence-corrected chi connectivity index (χ4v) is 3.44. The monoisotopic (exact) mass is 284 g/mol. The number of hydrogen-bond acceptors (Lipinski definition) is 4. The standard InChI is InChI=1S/C16H28O4/c1-4-15(3,19-5-2)14(17)13-6-9-20-16(12-13)7-10-18-11-8-16/h13H,4-12H2,1-3H3. The van der Waals surface area contributed by atoms with Gasteiger partial charge < -0.3 is 14.2 Å². The van der Waals surface area contributed by atoms with Crippen LogP contribution in [0, 0.1) is 5.92 Å². The summed E-state index contributed by atoms with van der Waals surface area (Å²) in [4.78, 5) is 12.9. The molecule has 0 radical (unpaired) electrons. The van der Waals surface area contributed by atoms with Gasteiger partial charge in [-0.05, 0) is 46.0 Å². The van der Waals surface area contributed by atoms with Gasteiger partial charge in [0, 0.05) is 32.3 Å². The summed E-state index contributed by atoms with van der Waals surface area (Å²) >= 11 is 0. The first kappa shape index (κ1) is 15.9. The molecule has 2 saturated heterocycles. The number of Topliss-reactive ketones (excluding diaryl/α,β-unsaturated/α-hetero) is 1. The third kappa shape index (κ3) is 3.23. The fourth-order valence-electron chi connectivity index (χ4n) is 3.44. The molecule has 0 aromatic carbocycles. The van der Waals surface area contributed by atoms with Gasteiger partial charge in [-0.2, -0.15) is 0 Å². The highest BCUT2D eigenvalue weighted by molar-refractivity contribution is 5.89. The normalized spacial score (nSPS) is 29.1. The average molecular weight is 284 g/mol. The lowest BCUT2D eigenvalue weighted by Crippen LogP contribution is -2.50. The zero-order valence-corrected chi connectivity index (χ0v) is 13.1. The summed E-state index contributed by atoms with van der Waals surface area (Å²) in [5.41, 5.74) is -0.763. The largest absolute Gasteiger partial charge is 0.381 e. The second-order valence-corrected chi connectivity index (χ2v) is 6.22. The van der Waals surface area contributed by atoms with E-state index < -0.39 is 5.60 Å². The van der Waals surface area contributed by atoms with E-state index in [1.54, 1.807) is 0 Å². The van der Waals surface area contributed by atoms with E-state index in [9.17, 15) is 4.79 Å². The van der Waals surface area contributed by atoms with E-state index in [1.807, 2.05) is 20.8 Å². The van der Waals surface area contributed by atoms with Gasteiger partial charge in [0.2, 0.25) is 0 Å². The molecular formula is C16H28O4. The lowest BCUT2D eigenvalue weighted by molar-refractivity contribution is -0.169. The molecule has 0 saturated carbocycles. The summed E-state index contributed by atoms with van der Waals surface area (Å²) in [6, 6.07) is 0. The summed E-state index contributed by atoms with van der Waals surface area (Å²) in [6.07, 6.45) is 4.21. The lowest BCUT2D eigenvalue weighted by Gasteiger charge is -2.44. The summed E-state index contributed by atoms with van der Waals surface area (Å²) in [7, 11) is 0. The van der Waals surface area contributed by atoms with Gasteiger partial charge in [0.15, 0.2) is 5.78 Å². The molecule has 2 rings (SSSR count). The molecule has 0 aromatic rings. The molecule has 0 aromatic heterocycles. The maximum atomic E-state index is 12.9. The Hall–Kier alpha value is -0.450. The Balaban J connectivity index is 2.06. The van der Waals surface area contributed by atoms with Crippen LogP contribution < -0.4 is 0 Å². The van der Waals surface area contributed by atoms with Gasteiger partial charge >= 0.3 is 0 Å². The minimum Gasteiger partial charge on any atom is -0.381 e. The van der Waals surface area contributed by atoms with Crippen molar-refractivity contribution in [1.82, 2.24) is 0 Å². The van der Waals surface area contributed by atoms with Crippen LogP contribution in [0.25, 0.3) is 0 Å². The molecule has 2 heterocycles. The molecule has 2 aliphatic heterocycles. The Kier molecular flexibility index (Phi) is 5.21. The number of ketones is 1. The minimum absolute atomic E-state index is 0.0679. The van der Waals surface area contributed by atoms with Crippen LogP contribution in [0.3, 0.4) is 0 Å². The smallest absolute Gasteiger partial charge is 0.167 e. The molecule has 4 nitrogen and oxygen atoms in total. The summed E-state index contributed by atoms with van der Waals surface area (Å²) in [5.74, 6) is 0.328. The molecular weight excluding hydrogens is 256 g/mol. The first-order chi connectivity index (χ1) is 9.55. The first-order valence-corrected chi connectivity index (χ1v) is 7.95. The molecule has 0 amide bonds. The van der Waals surface area contributed by atoms with Gasteiger partial charge in [0.1, 0.15) is 5.60 Å². The fraction of sp³-hybridized carbons (Fsp3) is 0.938. The number of carbonyl (C=O) groups is 1. The van der Waals surface area contributed by atoms with E-state index in [0.29, 0.717) is 13.2 Å². The van der Waals surface area contributed by atoms with Crippen LogP contribution in [-0.2, 0) is 19.0 Å². The van der Waals surface area contributed by atoms with Gasteiger partial charge in [0.05, 0.1) is 5.60 Å². The highest BCUT2D eigenvalue weighted by atomic mass is 16.5. The van der Waals surface area contributed by atoms with Crippen LogP contribution in [0.4, 0.5) is 0 Å². The van der Waals surface area contributed by atoms with Crippen LogP contribution in [0.1, 0.15) is 52.9 Å². The van der Waals surface area contributed by atoms with Crippen molar-refractivity contribution in [2.45, 2.75) is 64.1 Å². The Labute approximate surface area is 122 Å². The number of rotatable bonds is 5. The van der Waals surface area contributed by atoms with Crippen molar-refractivity contribution in [3.05, 3.63) is 0 Å². The maximum Gasteiger partial charge on any atom is 0.167 e. The summed E-state index contributed by atoms with van der Waals surface area (Å²) in [5, 5.41) is 0. The van der Waals surface area contributed by atoms with Crippen molar-refractivity contribution in [2.75, 3.05) is 26.4 Å². The Morgan fingerprint density at radius 1 is 1.30 bits per heavy atom. The average Bonchev–Trinajstić information content (AvgIpc) is 2.47. The van der Waals surface area contributed by atoms with Gasteiger partial charge in [-0.1, -0.05) is 6.92 Å². The predicted molar refractivity (Wildman–Crippen MR) is 76.8 cm³/mol. The van der Waals surface area contributed by atoms with Crippen molar-refractivity contribution >= 4 is 5.78 Å². The molecule has 2 atom stereocenters. The molecule has 0 bridgehead atoms. The van der Waals surface area contributed by atoms with Crippen molar-refractivity contribution in [1.29, 1.82) is 0 Å². The van der Waals surface area contributed by atoms with E-state index in [4.69, 9.17) is 14.2 Å². The van der Waals surface area contributed by atoms with Crippen molar-refractivity contribution < 1.29 is 19.0 Å². The van der Waals surface area contributed by atoms with Crippen molar-refractivity contribution in [3.8, 4) is 0 Å². The van der Waals surface area contributed by atoms with Crippen LogP contribution in [0.15, 0.2) is 0 Å². The van der Waals surface area contributed by atoms with Crippen LogP contribution in [0.5, 0.6) is 0 Å². The van der Waals surface area contributed by atoms with E-state index in [2.05, 4.69) is 0 Å². The molecule has 2 unspecified atom stereocenters. The Morgan fingerprint density at radius 3 is 2.60 bits per heavy atom. The van der Waals surface area contributed by atoms with Gasteiger partial charge in [0.25, 0.3) is 0 Å². The molecule has 4 heteroatoms. The van der Waals surface area contributed by atoms with Gasteiger partial charge in [-0.15, -0.1) is 0 Å². The Bertz CT molecular complexity index is 330. The second kappa shape index (κ2) is 6.54. The maximum absolute atomic E-state index is 12.9. The SMILES string of the molecule is CCOC(C)(CC)C(=O)C1CCOC2(CCOCC2)C1. The molecule has 0 N–H and O–H groups in total. The second-order valence-electron chi connectivity index (χ2n) is 6.22. The number of hydrogen-bond donors (Lipinski definition) is 0. The summed E-state index contributed by atoms with van der Waals surface area (Å²) < 4.78 is 17.2. The highest BCUT2D eigenvalue weighted by Crippen LogP contribution is 2.39. The number of carbonyl (C=O) groups excluding carboxylic acids is 1. The Morgan fingerprint density at radius 2 is 2.00 bits per heavy atom. The van der Waals surface area contributed by atoms with Gasteiger partial charge in [-0.25, -0.2) is 0 Å². The third-order valence-electron chi connectivity index (χ3n) is 4.93. The quantitative estimate of drug-likeness (QED) is 0.778. The summed E-state index contributed by atoms with van der Waals surface area (Å²) in [6.45, 7) is 8.67. The van der Waals surface area contributed by atoms with E-state index in [0.717, 1.165) is 45.3 Å². The molecule has 1 spiro atoms. The van der Waals surface area contributed by atoms with E-state index in [1.165, 1.54) is 0 Å². The molecule has 2 fully saturated rings. The van der Waals surface area contributed by atoms with Crippen LogP contribution in [0.2, 0.25) is 0 Å². The first-order valence-electron chi connectivity index (χ1n) is 7.95. The van der Waals surface area contributed by atoms with Crippen LogP contribution in [-0.4, -0.2) is 43.4 Å². The number of ether oxygens (including phenoxy) is 3. The van der Waals surface area contributed by atoms with Crippen molar-refractivity contribution in [3.63, 3.8) is 0 Å². The van der Waals surface area contributed by atoms with Crippen LogP contribution >= 0.6 is 0 Å². The topological polar surface area (TPSA) is 44.8 Å². The molecule has 20 heavy (non-hydrogen) atoms. The molecule has 0 aliphatic carbocycles. The predicted octanol–water partition coefficient (Wildman–Crippen LogP) is 2.74. The third-order valence-corrected chi connectivity index (χ3v) is 4.93. The zero-order chi connectivity index (χ0) is 14.6. The van der Waals surface area contributed by atoms with E-state index >= 15 is 0 Å². The lowest BCUT2D eigenvalue weighted by atomic mass is 9.75. The zero-order valence-electron chi connectivity index (χ0n) is 13.1. The van der Waals surface area contributed by atoms with Gasteiger partial charge in [-0.3, -0.25) is 4.79 Å². The van der Waals surface area contributed by atoms with Crippen molar-refractivity contribution in [2.24, 2.45) is 5.92 Å². The minimum atomic E-state index is -0.636. The molecule has 116 valence electrons. The highest BCUT2D eigenvalue weighted by Gasteiger charge is 2.45. The van der Waals surface area contributed by atoms with E-state index in [-0.39, 0.29) is 17.3 Å².